The minimum absolute atomic E-state index is 0.263. The second-order valence-corrected chi connectivity index (χ2v) is 5.43. The first kappa shape index (κ1) is 15.0. The second kappa shape index (κ2) is 6.48. The topological polar surface area (TPSA) is 79.3 Å². The van der Waals surface area contributed by atoms with E-state index in [2.05, 4.69) is 22.4 Å². The lowest BCUT2D eigenvalue weighted by Crippen LogP contribution is -2.15. The van der Waals surface area contributed by atoms with Crippen molar-refractivity contribution in [2.75, 3.05) is 5.32 Å². The summed E-state index contributed by atoms with van der Waals surface area (Å²) in [5, 5.41) is 9.00. The molecule has 0 aliphatic carbocycles. The first-order chi connectivity index (χ1) is 11.2. The highest BCUT2D eigenvalue weighted by Gasteiger charge is 2.09. The predicted molar refractivity (Wildman–Crippen MR) is 88.8 cm³/mol. The SMILES string of the molecule is CCCCc1ccc(NC(=O)c2ccc3n[nH]c(=O)n3c2)cc1. The summed E-state index contributed by atoms with van der Waals surface area (Å²) in [5.74, 6) is -0.263. The van der Waals surface area contributed by atoms with E-state index in [1.54, 1.807) is 12.1 Å². The van der Waals surface area contributed by atoms with Crippen LogP contribution in [0.25, 0.3) is 5.65 Å². The number of hydrogen-bond acceptors (Lipinski definition) is 3. The van der Waals surface area contributed by atoms with Crippen LogP contribution >= 0.6 is 0 Å². The average molecular weight is 310 g/mol. The third-order valence-electron chi connectivity index (χ3n) is 3.70. The van der Waals surface area contributed by atoms with Crippen LogP contribution < -0.4 is 11.0 Å². The molecule has 3 rings (SSSR count). The molecular formula is C17H18N4O2. The van der Waals surface area contributed by atoms with E-state index in [1.807, 2.05) is 24.3 Å². The van der Waals surface area contributed by atoms with E-state index in [-0.39, 0.29) is 11.6 Å². The van der Waals surface area contributed by atoms with Crippen molar-refractivity contribution in [1.82, 2.24) is 14.6 Å². The van der Waals surface area contributed by atoms with Crippen LogP contribution in [0.15, 0.2) is 47.4 Å². The Morgan fingerprint density at radius 2 is 2.00 bits per heavy atom. The number of anilines is 1. The van der Waals surface area contributed by atoms with Crippen molar-refractivity contribution >= 4 is 17.2 Å². The Hall–Kier alpha value is -2.89. The largest absolute Gasteiger partial charge is 0.347 e. The van der Waals surface area contributed by atoms with Crippen molar-refractivity contribution in [2.24, 2.45) is 0 Å². The number of H-pyrrole nitrogens is 1. The van der Waals surface area contributed by atoms with Crippen LogP contribution in [0.5, 0.6) is 0 Å². The molecule has 6 nitrogen and oxygen atoms in total. The molecule has 3 aromatic rings. The van der Waals surface area contributed by atoms with Gasteiger partial charge in [0.25, 0.3) is 5.91 Å². The third kappa shape index (κ3) is 3.31. The molecule has 2 heterocycles. The van der Waals surface area contributed by atoms with E-state index >= 15 is 0 Å². The number of hydrogen-bond donors (Lipinski definition) is 2. The number of unbranched alkanes of at least 4 members (excludes halogenated alkanes) is 1. The van der Waals surface area contributed by atoms with Gasteiger partial charge in [0.2, 0.25) is 0 Å². The molecule has 0 aliphatic heterocycles. The Bertz CT molecular complexity index is 877. The third-order valence-corrected chi connectivity index (χ3v) is 3.70. The number of aromatic amines is 1. The minimum Gasteiger partial charge on any atom is -0.322 e. The zero-order chi connectivity index (χ0) is 16.2. The quantitative estimate of drug-likeness (QED) is 0.760. The number of pyridine rings is 1. The fourth-order valence-electron chi connectivity index (χ4n) is 2.38. The van der Waals surface area contributed by atoms with Crippen LogP contribution in [0.4, 0.5) is 5.69 Å². The molecule has 0 bridgehead atoms. The van der Waals surface area contributed by atoms with Crippen LogP contribution in [0.2, 0.25) is 0 Å². The number of amides is 1. The summed E-state index contributed by atoms with van der Waals surface area (Å²) < 4.78 is 1.31. The van der Waals surface area contributed by atoms with Gasteiger partial charge in [0.1, 0.15) is 0 Å². The van der Waals surface area contributed by atoms with Gasteiger partial charge in [-0.2, -0.15) is 5.10 Å². The molecule has 0 spiro atoms. The van der Waals surface area contributed by atoms with Crippen LogP contribution in [-0.2, 0) is 6.42 Å². The van der Waals surface area contributed by atoms with Gasteiger partial charge in [-0.05, 0) is 42.7 Å². The van der Waals surface area contributed by atoms with E-state index in [0.717, 1.165) is 24.9 Å². The Labute approximate surface area is 133 Å². The Kier molecular flexibility index (Phi) is 4.23. The Morgan fingerprint density at radius 1 is 1.22 bits per heavy atom. The molecule has 2 aromatic heterocycles. The summed E-state index contributed by atoms with van der Waals surface area (Å²) in [6.45, 7) is 2.16. The van der Waals surface area contributed by atoms with Gasteiger partial charge in [-0.1, -0.05) is 25.5 Å². The molecule has 23 heavy (non-hydrogen) atoms. The smallest absolute Gasteiger partial charge is 0.322 e. The Morgan fingerprint density at radius 3 is 2.74 bits per heavy atom. The predicted octanol–water partition coefficient (Wildman–Crippen LogP) is 2.62. The van der Waals surface area contributed by atoms with Crippen LogP contribution in [0, 0.1) is 0 Å². The lowest BCUT2D eigenvalue weighted by Gasteiger charge is -2.07. The maximum Gasteiger partial charge on any atom is 0.347 e. The first-order valence-electron chi connectivity index (χ1n) is 7.64. The van der Waals surface area contributed by atoms with Crippen molar-refractivity contribution in [3.05, 3.63) is 64.2 Å². The highest BCUT2D eigenvalue weighted by Crippen LogP contribution is 2.13. The number of carbonyl (C=O) groups excluding carboxylic acids is 1. The zero-order valence-corrected chi connectivity index (χ0v) is 12.9. The molecule has 0 unspecified atom stereocenters. The van der Waals surface area contributed by atoms with Gasteiger partial charge >= 0.3 is 5.69 Å². The summed E-state index contributed by atoms with van der Waals surface area (Å²) in [6, 6.07) is 11.1. The molecule has 1 aromatic carbocycles. The van der Waals surface area contributed by atoms with Crippen molar-refractivity contribution in [3.8, 4) is 0 Å². The number of rotatable bonds is 5. The van der Waals surface area contributed by atoms with Crippen LogP contribution in [0.1, 0.15) is 35.7 Å². The summed E-state index contributed by atoms with van der Waals surface area (Å²) in [5.41, 5.74) is 2.50. The number of aryl methyl sites for hydroxylation is 1. The molecule has 0 radical (unpaired) electrons. The standard InChI is InChI=1S/C17H18N4O2/c1-2-3-4-12-5-8-14(9-6-12)18-16(22)13-7-10-15-19-20-17(23)21(15)11-13/h5-11H,2-4H2,1H3,(H,18,22)(H,20,23). The molecule has 2 N–H and O–H groups in total. The molecular weight excluding hydrogens is 292 g/mol. The molecule has 0 fully saturated rings. The first-order valence-corrected chi connectivity index (χ1v) is 7.64. The molecule has 0 saturated heterocycles. The van der Waals surface area contributed by atoms with E-state index in [9.17, 15) is 9.59 Å². The number of nitrogens with zero attached hydrogens (tertiary/aromatic N) is 2. The van der Waals surface area contributed by atoms with E-state index in [1.165, 1.54) is 16.2 Å². The van der Waals surface area contributed by atoms with Gasteiger partial charge in [0.05, 0.1) is 5.56 Å². The lowest BCUT2D eigenvalue weighted by atomic mass is 10.1. The van der Waals surface area contributed by atoms with Gasteiger partial charge < -0.3 is 5.32 Å². The van der Waals surface area contributed by atoms with Gasteiger partial charge in [-0.3, -0.25) is 4.79 Å². The minimum atomic E-state index is -0.366. The Balaban J connectivity index is 1.74. The van der Waals surface area contributed by atoms with Crippen molar-refractivity contribution in [2.45, 2.75) is 26.2 Å². The summed E-state index contributed by atoms with van der Waals surface area (Å²) >= 11 is 0. The van der Waals surface area contributed by atoms with Crippen LogP contribution in [0.3, 0.4) is 0 Å². The number of fused-ring (bicyclic) bond motifs is 1. The van der Waals surface area contributed by atoms with E-state index in [4.69, 9.17) is 0 Å². The molecule has 1 amide bonds. The van der Waals surface area contributed by atoms with Gasteiger partial charge in [-0.25, -0.2) is 14.3 Å². The number of benzene rings is 1. The van der Waals surface area contributed by atoms with Crippen LogP contribution in [-0.4, -0.2) is 20.5 Å². The molecule has 0 atom stereocenters. The number of carbonyl (C=O) groups is 1. The zero-order valence-electron chi connectivity index (χ0n) is 12.9. The van der Waals surface area contributed by atoms with E-state index in [0.29, 0.717) is 11.2 Å². The number of nitrogens with one attached hydrogen (secondary N) is 2. The highest BCUT2D eigenvalue weighted by molar-refractivity contribution is 6.04. The maximum atomic E-state index is 12.3. The second-order valence-electron chi connectivity index (χ2n) is 5.43. The average Bonchev–Trinajstić information content (AvgIpc) is 2.95. The molecule has 118 valence electrons. The van der Waals surface area contributed by atoms with Gasteiger partial charge in [0.15, 0.2) is 5.65 Å². The number of aromatic nitrogens is 3. The molecule has 0 saturated carbocycles. The fraction of sp³-hybridized carbons (Fsp3) is 0.235. The summed E-state index contributed by atoms with van der Waals surface area (Å²) in [7, 11) is 0. The molecule has 6 heteroatoms. The summed E-state index contributed by atoms with van der Waals surface area (Å²) in [6.07, 6.45) is 4.84. The highest BCUT2D eigenvalue weighted by atomic mass is 16.2. The molecule has 0 aliphatic rings. The normalized spacial score (nSPS) is 10.8. The van der Waals surface area contributed by atoms with Gasteiger partial charge in [-0.15, -0.1) is 0 Å². The fourth-order valence-corrected chi connectivity index (χ4v) is 2.38. The maximum absolute atomic E-state index is 12.3. The van der Waals surface area contributed by atoms with Gasteiger partial charge in [0, 0.05) is 11.9 Å². The van der Waals surface area contributed by atoms with Crippen molar-refractivity contribution in [1.29, 1.82) is 0 Å². The van der Waals surface area contributed by atoms with Crippen molar-refractivity contribution < 1.29 is 4.79 Å². The monoisotopic (exact) mass is 310 g/mol. The van der Waals surface area contributed by atoms with E-state index < -0.39 is 0 Å². The van der Waals surface area contributed by atoms with Crippen molar-refractivity contribution in [3.63, 3.8) is 0 Å². The lowest BCUT2D eigenvalue weighted by molar-refractivity contribution is 0.102. The summed E-state index contributed by atoms with van der Waals surface area (Å²) in [4.78, 5) is 23.8.